The van der Waals surface area contributed by atoms with Crippen LogP contribution in [0.15, 0.2) is 29.2 Å². The molecule has 0 unspecified atom stereocenters. The average Bonchev–Trinajstić information content (AvgIpc) is 2.35. The van der Waals surface area contributed by atoms with E-state index in [1.165, 1.54) is 44.6 Å². The second kappa shape index (κ2) is 9.98. The lowest BCUT2D eigenvalue weighted by atomic mass is 10.1. The largest absolute Gasteiger partial charge is 0.294 e. The van der Waals surface area contributed by atoms with Gasteiger partial charge in [0.25, 0.3) is 10.1 Å². The molecule has 0 aliphatic rings. The molecular weight excluding hydrogens is 260 g/mol. The van der Waals surface area contributed by atoms with Crippen molar-refractivity contribution >= 4 is 10.1 Å². The van der Waals surface area contributed by atoms with E-state index in [0.717, 1.165) is 0 Å². The van der Waals surface area contributed by atoms with Gasteiger partial charge < -0.3 is 0 Å². The van der Waals surface area contributed by atoms with E-state index in [1.54, 1.807) is 25.1 Å². The number of rotatable bonds is 6. The van der Waals surface area contributed by atoms with Crippen molar-refractivity contribution in [3.8, 4) is 0 Å². The summed E-state index contributed by atoms with van der Waals surface area (Å²) in [5, 5.41) is 0. The fraction of sp³-hybridized carbons (Fsp3) is 0.600. The Kier molecular flexibility index (Phi) is 9.53. The second-order valence-electron chi connectivity index (χ2n) is 4.65. The molecule has 0 saturated heterocycles. The summed E-state index contributed by atoms with van der Waals surface area (Å²) in [6.07, 6.45) is 8.49. The van der Waals surface area contributed by atoms with E-state index in [4.69, 9.17) is 4.55 Å². The summed E-state index contributed by atoms with van der Waals surface area (Å²) in [5.74, 6) is 0. The summed E-state index contributed by atoms with van der Waals surface area (Å²) in [4.78, 5) is -0.0278. The van der Waals surface area contributed by atoms with Gasteiger partial charge in [-0.2, -0.15) is 8.42 Å². The lowest BCUT2D eigenvalue weighted by molar-refractivity contribution is 0.482. The van der Waals surface area contributed by atoms with Gasteiger partial charge in [-0.25, -0.2) is 0 Å². The van der Waals surface area contributed by atoms with Gasteiger partial charge in [0.15, 0.2) is 0 Å². The quantitative estimate of drug-likeness (QED) is 0.613. The Morgan fingerprint density at radius 1 is 0.947 bits per heavy atom. The van der Waals surface area contributed by atoms with Crippen LogP contribution in [0.25, 0.3) is 0 Å². The maximum absolute atomic E-state index is 10.6. The maximum Gasteiger partial charge on any atom is 0.294 e. The molecule has 0 aliphatic heterocycles. The van der Waals surface area contributed by atoms with Gasteiger partial charge in [0.05, 0.1) is 4.90 Å². The summed E-state index contributed by atoms with van der Waals surface area (Å²) in [5.41, 5.74) is 0.551. The van der Waals surface area contributed by atoms with Gasteiger partial charge in [0, 0.05) is 0 Å². The summed E-state index contributed by atoms with van der Waals surface area (Å²) >= 11 is 0. The Balaban J connectivity index is 0.000000362. The standard InChI is InChI=1S/C8H18.C7H8O3S/c1-3-5-7-8-6-4-2;1-6-4-2-3-5-7(6)11(8,9)10/h3-8H2,1-2H3;2-5H,1H3,(H,8,9,10). The first-order valence-electron chi connectivity index (χ1n) is 6.96. The Morgan fingerprint density at radius 2 is 1.42 bits per heavy atom. The van der Waals surface area contributed by atoms with Crippen LogP contribution in [0.5, 0.6) is 0 Å². The minimum absolute atomic E-state index is 0.0278. The third-order valence-electron chi connectivity index (χ3n) is 2.83. The third-order valence-corrected chi connectivity index (χ3v) is 3.84. The average molecular weight is 286 g/mol. The van der Waals surface area contributed by atoms with Gasteiger partial charge in [0.2, 0.25) is 0 Å². The molecular formula is C15H26O3S. The predicted octanol–water partition coefficient (Wildman–Crippen LogP) is 4.61. The van der Waals surface area contributed by atoms with Crippen molar-refractivity contribution in [2.24, 2.45) is 0 Å². The first-order chi connectivity index (χ1) is 8.93. The van der Waals surface area contributed by atoms with Gasteiger partial charge in [-0.3, -0.25) is 4.55 Å². The molecule has 3 nitrogen and oxygen atoms in total. The van der Waals surface area contributed by atoms with Crippen LogP contribution in [0.4, 0.5) is 0 Å². The molecule has 0 heterocycles. The van der Waals surface area contributed by atoms with Gasteiger partial charge >= 0.3 is 0 Å². The van der Waals surface area contributed by atoms with Gasteiger partial charge in [0.1, 0.15) is 0 Å². The molecule has 0 fully saturated rings. The van der Waals surface area contributed by atoms with E-state index in [-0.39, 0.29) is 4.90 Å². The van der Waals surface area contributed by atoms with Crippen LogP contribution in [0.2, 0.25) is 0 Å². The van der Waals surface area contributed by atoms with Crippen LogP contribution < -0.4 is 0 Å². The monoisotopic (exact) mass is 286 g/mol. The van der Waals surface area contributed by atoms with E-state index < -0.39 is 10.1 Å². The van der Waals surface area contributed by atoms with Crippen molar-refractivity contribution < 1.29 is 13.0 Å². The Morgan fingerprint density at radius 3 is 1.74 bits per heavy atom. The maximum atomic E-state index is 10.6. The molecule has 4 heteroatoms. The fourth-order valence-corrected chi connectivity index (χ4v) is 2.42. The molecule has 0 aromatic heterocycles. The number of hydrogen-bond donors (Lipinski definition) is 1. The molecule has 1 rings (SSSR count). The predicted molar refractivity (Wildman–Crippen MR) is 80.0 cm³/mol. The van der Waals surface area contributed by atoms with Crippen LogP contribution in [0.3, 0.4) is 0 Å². The molecule has 0 radical (unpaired) electrons. The number of aryl methyl sites for hydroxylation is 1. The first kappa shape index (κ1) is 18.1. The van der Waals surface area contributed by atoms with Crippen molar-refractivity contribution in [3.63, 3.8) is 0 Å². The highest BCUT2D eigenvalue weighted by Crippen LogP contribution is 2.12. The van der Waals surface area contributed by atoms with Gasteiger partial charge in [-0.1, -0.05) is 70.6 Å². The summed E-state index contributed by atoms with van der Waals surface area (Å²) in [6.45, 7) is 6.14. The van der Waals surface area contributed by atoms with Crippen LogP contribution in [0.1, 0.15) is 57.9 Å². The SMILES string of the molecule is CCCCCCCC.Cc1ccccc1S(=O)(=O)O. The zero-order valence-electron chi connectivity index (χ0n) is 12.2. The van der Waals surface area contributed by atoms with E-state index in [9.17, 15) is 8.42 Å². The molecule has 1 aromatic rings. The Hall–Kier alpha value is -0.870. The van der Waals surface area contributed by atoms with Gasteiger partial charge in [-0.15, -0.1) is 0 Å². The lowest BCUT2D eigenvalue weighted by Crippen LogP contribution is -1.99. The highest BCUT2D eigenvalue weighted by atomic mass is 32.2. The van der Waals surface area contributed by atoms with Crippen molar-refractivity contribution in [3.05, 3.63) is 29.8 Å². The second-order valence-corrected chi connectivity index (χ2v) is 6.04. The van der Waals surface area contributed by atoms with Crippen LogP contribution in [-0.4, -0.2) is 13.0 Å². The van der Waals surface area contributed by atoms with E-state index in [0.29, 0.717) is 5.56 Å². The van der Waals surface area contributed by atoms with Crippen molar-refractivity contribution in [1.29, 1.82) is 0 Å². The van der Waals surface area contributed by atoms with Gasteiger partial charge in [-0.05, 0) is 18.6 Å². The molecule has 1 N–H and O–H groups in total. The Labute approximate surface area is 117 Å². The molecule has 19 heavy (non-hydrogen) atoms. The number of benzene rings is 1. The van der Waals surface area contributed by atoms with E-state index in [1.807, 2.05) is 0 Å². The summed E-state index contributed by atoms with van der Waals surface area (Å²) in [7, 11) is -4.03. The molecule has 0 amide bonds. The first-order valence-corrected chi connectivity index (χ1v) is 8.40. The van der Waals surface area contributed by atoms with E-state index >= 15 is 0 Å². The molecule has 0 saturated carbocycles. The summed E-state index contributed by atoms with van der Waals surface area (Å²) < 4.78 is 29.9. The smallest absolute Gasteiger partial charge is 0.282 e. The summed E-state index contributed by atoms with van der Waals surface area (Å²) in [6, 6.07) is 6.27. The molecule has 0 aliphatic carbocycles. The Bertz CT molecular complexity index is 432. The van der Waals surface area contributed by atoms with Crippen LogP contribution in [0, 0.1) is 6.92 Å². The van der Waals surface area contributed by atoms with Crippen LogP contribution in [-0.2, 0) is 10.1 Å². The fourth-order valence-electron chi connectivity index (χ4n) is 1.70. The minimum atomic E-state index is -4.03. The molecule has 0 spiro atoms. The van der Waals surface area contributed by atoms with Crippen molar-refractivity contribution in [2.45, 2.75) is 64.2 Å². The highest BCUT2D eigenvalue weighted by molar-refractivity contribution is 7.85. The number of unbranched alkanes of at least 4 members (excludes halogenated alkanes) is 5. The molecule has 0 atom stereocenters. The van der Waals surface area contributed by atoms with E-state index in [2.05, 4.69) is 13.8 Å². The highest BCUT2D eigenvalue weighted by Gasteiger charge is 2.10. The topological polar surface area (TPSA) is 54.4 Å². The normalized spacial score (nSPS) is 10.7. The molecule has 1 aromatic carbocycles. The lowest BCUT2D eigenvalue weighted by Gasteiger charge is -1.99. The number of hydrogen-bond acceptors (Lipinski definition) is 2. The molecule has 110 valence electrons. The third kappa shape index (κ3) is 8.78. The molecule has 0 bridgehead atoms. The van der Waals surface area contributed by atoms with Crippen LogP contribution >= 0.6 is 0 Å². The zero-order valence-corrected chi connectivity index (χ0v) is 13.0. The minimum Gasteiger partial charge on any atom is -0.282 e. The van der Waals surface area contributed by atoms with Crippen molar-refractivity contribution in [2.75, 3.05) is 0 Å². The zero-order chi connectivity index (χ0) is 14.7. The van der Waals surface area contributed by atoms with Crippen molar-refractivity contribution in [1.82, 2.24) is 0 Å².